The van der Waals surface area contributed by atoms with Crippen LogP contribution in [0.15, 0.2) is 28.9 Å². The summed E-state index contributed by atoms with van der Waals surface area (Å²) >= 11 is 3.44. The van der Waals surface area contributed by atoms with Gasteiger partial charge in [0.25, 0.3) is 0 Å². The number of benzene rings is 1. The van der Waals surface area contributed by atoms with Crippen LogP contribution in [0.4, 0.5) is 0 Å². The Labute approximate surface area is 115 Å². The van der Waals surface area contributed by atoms with Gasteiger partial charge in [-0.15, -0.1) is 0 Å². The first-order valence-electron chi connectivity index (χ1n) is 5.55. The fourth-order valence-electron chi connectivity index (χ4n) is 1.84. The minimum Gasteiger partial charge on any atom is -0.492 e. The van der Waals surface area contributed by atoms with Gasteiger partial charge < -0.3 is 9.47 Å². The van der Waals surface area contributed by atoms with E-state index in [4.69, 9.17) is 9.47 Å². The predicted molar refractivity (Wildman–Crippen MR) is 73.3 cm³/mol. The van der Waals surface area contributed by atoms with Crippen LogP contribution in [0.3, 0.4) is 0 Å². The number of aryl methyl sites for hydroxylation is 1. The molecule has 0 atom stereocenters. The van der Waals surface area contributed by atoms with Crippen LogP contribution in [0.2, 0.25) is 0 Å². The molecular formula is C13H15BrN2O2. The van der Waals surface area contributed by atoms with Gasteiger partial charge in [0.1, 0.15) is 0 Å². The second-order valence-corrected chi connectivity index (χ2v) is 4.78. The van der Waals surface area contributed by atoms with E-state index in [9.17, 15) is 0 Å². The molecule has 0 spiro atoms. The molecule has 4 nitrogen and oxygen atoms in total. The van der Waals surface area contributed by atoms with E-state index in [0.29, 0.717) is 12.3 Å². The molecule has 1 aromatic carbocycles. The summed E-state index contributed by atoms with van der Waals surface area (Å²) in [7, 11) is 3.27. The lowest BCUT2D eigenvalue weighted by molar-refractivity contribution is 0.348. The van der Waals surface area contributed by atoms with E-state index < -0.39 is 0 Å². The van der Waals surface area contributed by atoms with E-state index in [0.717, 1.165) is 21.5 Å². The van der Waals surface area contributed by atoms with Gasteiger partial charge in [0.05, 0.1) is 30.9 Å². The molecular weight excluding hydrogens is 296 g/mol. The molecule has 0 bridgehead atoms. The summed E-state index contributed by atoms with van der Waals surface area (Å²) in [5.74, 6) is 1.44. The standard InChI is InChI=1S/C13H15BrN2O2/c1-9-6-7-16(15-9)8-10-4-5-11(14)13(18-3)12(10)17-2/h4-7H,8H2,1-3H3. The maximum absolute atomic E-state index is 5.43. The molecule has 18 heavy (non-hydrogen) atoms. The Morgan fingerprint density at radius 2 is 1.89 bits per heavy atom. The second-order valence-electron chi connectivity index (χ2n) is 3.93. The number of hydrogen-bond acceptors (Lipinski definition) is 3. The summed E-state index contributed by atoms with van der Waals surface area (Å²) in [5.41, 5.74) is 2.03. The molecule has 1 heterocycles. The van der Waals surface area contributed by atoms with E-state index in [1.807, 2.05) is 36.0 Å². The third-order valence-corrected chi connectivity index (χ3v) is 3.28. The second kappa shape index (κ2) is 5.44. The molecule has 0 N–H and O–H groups in total. The summed E-state index contributed by atoms with van der Waals surface area (Å²) in [5, 5.41) is 4.37. The first kappa shape index (κ1) is 13.0. The average Bonchev–Trinajstić information content (AvgIpc) is 2.76. The van der Waals surface area contributed by atoms with Crippen molar-refractivity contribution in [3.8, 4) is 11.5 Å². The third-order valence-electron chi connectivity index (χ3n) is 2.66. The van der Waals surface area contributed by atoms with Gasteiger partial charge in [-0.2, -0.15) is 5.10 Å². The van der Waals surface area contributed by atoms with Gasteiger partial charge >= 0.3 is 0 Å². The van der Waals surface area contributed by atoms with Crippen LogP contribution >= 0.6 is 15.9 Å². The quantitative estimate of drug-likeness (QED) is 0.871. The molecule has 0 fully saturated rings. The molecule has 0 radical (unpaired) electrons. The molecule has 0 saturated carbocycles. The van der Waals surface area contributed by atoms with Crippen LogP contribution in [-0.2, 0) is 6.54 Å². The predicted octanol–water partition coefficient (Wildman–Crippen LogP) is 3.02. The number of methoxy groups -OCH3 is 2. The van der Waals surface area contributed by atoms with Gasteiger partial charge in [-0.1, -0.05) is 6.07 Å². The van der Waals surface area contributed by atoms with Crippen LogP contribution < -0.4 is 9.47 Å². The average molecular weight is 311 g/mol. The first-order valence-corrected chi connectivity index (χ1v) is 6.34. The smallest absolute Gasteiger partial charge is 0.175 e. The highest BCUT2D eigenvalue weighted by Gasteiger charge is 2.14. The summed E-state index contributed by atoms with van der Waals surface area (Å²) in [6, 6.07) is 5.93. The van der Waals surface area contributed by atoms with Gasteiger partial charge in [0.15, 0.2) is 11.5 Å². The topological polar surface area (TPSA) is 36.3 Å². The van der Waals surface area contributed by atoms with Crippen LogP contribution in [-0.4, -0.2) is 24.0 Å². The zero-order valence-corrected chi connectivity index (χ0v) is 12.2. The van der Waals surface area contributed by atoms with Gasteiger partial charge in [-0.3, -0.25) is 4.68 Å². The van der Waals surface area contributed by atoms with Crippen molar-refractivity contribution >= 4 is 15.9 Å². The zero-order valence-electron chi connectivity index (χ0n) is 10.6. The fraction of sp³-hybridized carbons (Fsp3) is 0.308. The lowest BCUT2D eigenvalue weighted by Gasteiger charge is -2.14. The van der Waals surface area contributed by atoms with E-state index in [1.54, 1.807) is 14.2 Å². The Morgan fingerprint density at radius 1 is 1.17 bits per heavy atom. The molecule has 0 amide bonds. The van der Waals surface area contributed by atoms with Gasteiger partial charge in [-0.25, -0.2) is 0 Å². The van der Waals surface area contributed by atoms with Gasteiger partial charge in [0, 0.05) is 11.8 Å². The molecule has 1 aromatic heterocycles. The van der Waals surface area contributed by atoms with Crippen molar-refractivity contribution < 1.29 is 9.47 Å². The van der Waals surface area contributed by atoms with Crippen molar-refractivity contribution in [1.29, 1.82) is 0 Å². The van der Waals surface area contributed by atoms with Crippen LogP contribution in [0.5, 0.6) is 11.5 Å². The summed E-state index contributed by atoms with van der Waals surface area (Å²) in [4.78, 5) is 0. The third kappa shape index (κ3) is 2.51. The van der Waals surface area contributed by atoms with Crippen LogP contribution in [0.1, 0.15) is 11.3 Å². The fourth-order valence-corrected chi connectivity index (χ4v) is 2.32. The SMILES string of the molecule is COc1c(Br)ccc(Cn2ccc(C)n2)c1OC. The van der Waals surface area contributed by atoms with E-state index >= 15 is 0 Å². The van der Waals surface area contributed by atoms with Crippen molar-refractivity contribution in [2.45, 2.75) is 13.5 Å². The first-order chi connectivity index (χ1) is 8.65. The van der Waals surface area contributed by atoms with E-state index in [2.05, 4.69) is 21.0 Å². The number of halogens is 1. The van der Waals surface area contributed by atoms with E-state index in [-0.39, 0.29) is 0 Å². The van der Waals surface area contributed by atoms with Gasteiger partial charge in [-0.05, 0) is 35.0 Å². The highest BCUT2D eigenvalue weighted by Crippen LogP contribution is 2.38. The number of ether oxygens (including phenoxy) is 2. The largest absolute Gasteiger partial charge is 0.492 e. The van der Waals surface area contributed by atoms with Gasteiger partial charge in [0.2, 0.25) is 0 Å². The molecule has 96 valence electrons. The van der Waals surface area contributed by atoms with Crippen LogP contribution in [0.25, 0.3) is 0 Å². The highest BCUT2D eigenvalue weighted by atomic mass is 79.9. The Kier molecular flexibility index (Phi) is 3.91. The molecule has 0 aliphatic rings. The normalized spacial score (nSPS) is 10.4. The highest BCUT2D eigenvalue weighted by molar-refractivity contribution is 9.10. The minimum absolute atomic E-state index is 0.653. The molecule has 2 rings (SSSR count). The summed E-state index contributed by atoms with van der Waals surface area (Å²) in [6.07, 6.45) is 1.95. The monoisotopic (exact) mass is 310 g/mol. The lowest BCUT2D eigenvalue weighted by atomic mass is 10.2. The number of nitrogens with zero attached hydrogens (tertiary/aromatic N) is 2. The molecule has 0 unspecified atom stereocenters. The Bertz CT molecular complexity index is 552. The van der Waals surface area contributed by atoms with Crippen molar-refractivity contribution in [1.82, 2.24) is 9.78 Å². The zero-order chi connectivity index (χ0) is 13.1. The maximum atomic E-state index is 5.43. The molecule has 0 aliphatic heterocycles. The number of rotatable bonds is 4. The minimum atomic E-state index is 0.653. The van der Waals surface area contributed by atoms with Crippen molar-refractivity contribution in [3.05, 3.63) is 40.1 Å². The Hall–Kier alpha value is -1.49. The Balaban J connectivity index is 2.38. The molecule has 5 heteroatoms. The molecule has 0 aliphatic carbocycles. The van der Waals surface area contributed by atoms with Crippen LogP contribution in [0, 0.1) is 6.92 Å². The lowest BCUT2D eigenvalue weighted by Crippen LogP contribution is -2.04. The molecule has 0 saturated heterocycles. The van der Waals surface area contributed by atoms with Crippen molar-refractivity contribution in [3.63, 3.8) is 0 Å². The van der Waals surface area contributed by atoms with Crippen molar-refractivity contribution in [2.75, 3.05) is 14.2 Å². The maximum Gasteiger partial charge on any atom is 0.175 e. The van der Waals surface area contributed by atoms with Crippen molar-refractivity contribution in [2.24, 2.45) is 0 Å². The molecule has 2 aromatic rings. The van der Waals surface area contributed by atoms with E-state index in [1.165, 1.54) is 0 Å². The summed E-state index contributed by atoms with van der Waals surface area (Å²) < 4.78 is 13.5. The number of hydrogen-bond donors (Lipinski definition) is 0. The Morgan fingerprint density at radius 3 is 2.44 bits per heavy atom. The summed E-state index contributed by atoms with van der Waals surface area (Å²) in [6.45, 7) is 2.62. The number of aromatic nitrogens is 2.